The molecule has 1 aliphatic rings. The molecule has 1 heterocycles. The van der Waals surface area contributed by atoms with Crippen LogP contribution in [0.15, 0.2) is 71.2 Å². The second-order valence-corrected chi connectivity index (χ2v) is 8.43. The van der Waals surface area contributed by atoms with Crippen LogP contribution in [0.4, 0.5) is 0 Å². The first-order valence-corrected chi connectivity index (χ1v) is 9.68. The second kappa shape index (κ2) is 7.15. The molecule has 138 valence electrons. The van der Waals surface area contributed by atoms with Crippen LogP contribution in [-0.4, -0.2) is 10.2 Å². The summed E-state index contributed by atoms with van der Waals surface area (Å²) in [7, 11) is 0. The van der Waals surface area contributed by atoms with Crippen molar-refractivity contribution in [3.8, 4) is 22.6 Å². The van der Waals surface area contributed by atoms with Crippen LogP contribution in [0, 0.1) is 11.3 Å². The Morgan fingerprint density at radius 2 is 1.44 bits per heavy atom. The standard InChI is InChI=1S/C24H26N2O/c1-24(2,3)21-15-13-20(14-16-21)23-26-25-22(27-23)19-11-9-18(10-12-19)17-7-5-4-6-8-17/h4-13,15,20-21H,14,16H2,1-3H3. The zero-order chi connectivity index (χ0) is 18.9. The van der Waals surface area contributed by atoms with Crippen LogP contribution in [-0.2, 0) is 0 Å². The third-order valence-electron chi connectivity index (χ3n) is 5.47. The molecule has 0 amide bonds. The Balaban J connectivity index is 1.50. The van der Waals surface area contributed by atoms with Crippen molar-refractivity contribution in [1.29, 1.82) is 0 Å². The molecule has 0 spiro atoms. The molecule has 27 heavy (non-hydrogen) atoms. The summed E-state index contributed by atoms with van der Waals surface area (Å²) in [5, 5.41) is 8.60. The molecule has 2 unspecified atom stereocenters. The molecule has 2 atom stereocenters. The Bertz CT molecular complexity index is 917. The number of nitrogens with zero attached hydrogens (tertiary/aromatic N) is 2. The van der Waals surface area contributed by atoms with Crippen LogP contribution in [0.1, 0.15) is 45.4 Å². The fraction of sp³-hybridized carbons (Fsp3) is 0.333. The predicted octanol–water partition coefficient (Wildman–Crippen LogP) is 6.50. The van der Waals surface area contributed by atoms with E-state index in [4.69, 9.17) is 4.42 Å². The van der Waals surface area contributed by atoms with E-state index in [1.165, 1.54) is 11.1 Å². The van der Waals surface area contributed by atoms with E-state index >= 15 is 0 Å². The molecule has 1 aromatic heterocycles. The topological polar surface area (TPSA) is 38.9 Å². The van der Waals surface area contributed by atoms with Gasteiger partial charge in [-0.15, -0.1) is 10.2 Å². The molecule has 0 N–H and O–H groups in total. The van der Waals surface area contributed by atoms with E-state index in [0.29, 0.717) is 17.2 Å². The van der Waals surface area contributed by atoms with Gasteiger partial charge in [-0.3, -0.25) is 0 Å². The highest BCUT2D eigenvalue weighted by Gasteiger charge is 2.28. The Morgan fingerprint density at radius 1 is 0.778 bits per heavy atom. The van der Waals surface area contributed by atoms with Crippen molar-refractivity contribution in [3.05, 3.63) is 72.6 Å². The molecule has 3 aromatic rings. The lowest BCUT2D eigenvalue weighted by Gasteiger charge is -2.31. The van der Waals surface area contributed by atoms with Gasteiger partial charge in [0.15, 0.2) is 0 Å². The molecular weight excluding hydrogens is 332 g/mol. The largest absolute Gasteiger partial charge is 0.420 e. The molecule has 0 saturated carbocycles. The molecule has 4 rings (SSSR count). The summed E-state index contributed by atoms with van der Waals surface area (Å²) in [6.07, 6.45) is 6.79. The van der Waals surface area contributed by atoms with Gasteiger partial charge in [0.1, 0.15) is 0 Å². The summed E-state index contributed by atoms with van der Waals surface area (Å²) in [5.41, 5.74) is 3.65. The number of hydrogen-bond donors (Lipinski definition) is 0. The zero-order valence-corrected chi connectivity index (χ0v) is 16.2. The monoisotopic (exact) mass is 358 g/mol. The highest BCUT2D eigenvalue weighted by Crippen LogP contribution is 2.38. The summed E-state index contributed by atoms with van der Waals surface area (Å²) in [5.74, 6) is 2.16. The van der Waals surface area contributed by atoms with Crippen molar-refractivity contribution in [3.63, 3.8) is 0 Å². The SMILES string of the molecule is CC(C)(C)C1C=CC(c2nnc(-c3ccc(-c4ccccc4)cc3)o2)CC1. The molecule has 2 aromatic carbocycles. The van der Waals surface area contributed by atoms with Gasteiger partial charge in [0.25, 0.3) is 0 Å². The van der Waals surface area contributed by atoms with Crippen LogP contribution in [0.25, 0.3) is 22.6 Å². The lowest BCUT2D eigenvalue weighted by atomic mass is 9.74. The molecular formula is C24H26N2O. The van der Waals surface area contributed by atoms with E-state index in [2.05, 4.69) is 79.5 Å². The highest BCUT2D eigenvalue weighted by atomic mass is 16.4. The smallest absolute Gasteiger partial charge is 0.247 e. The normalized spacial score (nSPS) is 20.0. The first kappa shape index (κ1) is 17.7. The molecule has 0 saturated heterocycles. The van der Waals surface area contributed by atoms with Gasteiger partial charge < -0.3 is 4.42 Å². The summed E-state index contributed by atoms with van der Waals surface area (Å²) < 4.78 is 6.00. The molecule has 3 nitrogen and oxygen atoms in total. The van der Waals surface area contributed by atoms with Crippen LogP contribution in [0.2, 0.25) is 0 Å². The van der Waals surface area contributed by atoms with Crippen molar-refractivity contribution in [2.24, 2.45) is 11.3 Å². The predicted molar refractivity (Wildman–Crippen MR) is 109 cm³/mol. The molecule has 1 aliphatic carbocycles. The van der Waals surface area contributed by atoms with Crippen molar-refractivity contribution in [2.75, 3.05) is 0 Å². The Hall–Kier alpha value is -2.68. The third kappa shape index (κ3) is 3.87. The van der Waals surface area contributed by atoms with Gasteiger partial charge in [0, 0.05) is 5.56 Å². The lowest BCUT2D eigenvalue weighted by Crippen LogP contribution is -2.21. The van der Waals surface area contributed by atoms with E-state index in [1.807, 2.05) is 18.2 Å². The molecule has 0 fully saturated rings. The van der Waals surface area contributed by atoms with Gasteiger partial charge in [-0.25, -0.2) is 0 Å². The fourth-order valence-electron chi connectivity index (χ4n) is 3.68. The number of rotatable bonds is 3. The van der Waals surface area contributed by atoms with E-state index in [-0.39, 0.29) is 5.92 Å². The van der Waals surface area contributed by atoms with Crippen molar-refractivity contribution < 1.29 is 4.42 Å². The first-order valence-electron chi connectivity index (χ1n) is 9.68. The molecule has 0 radical (unpaired) electrons. The van der Waals surface area contributed by atoms with Gasteiger partial charge in [0.05, 0.1) is 5.92 Å². The van der Waals surface area contributed by atoms with E-state index < -0.39 is 0 Å². The minimum atomic E-state index is 0.230. The third-order valence-corrected chi connectivity index (χ3v) is 5.47. The molecule has 0 aliphatic heterocycles. The van der Waals surface area contributed by atoms with Crippen LogP contribution < -0.4 is 0 Å². The van der Waals surface area contributed by atoms with E-state index in [0.717, 1.165) is 24.3 Å². The van der Waals surface area contributed by atoms with Crippen LogP contribution in [0.5, 0.6) is 0 Å². The maximum absolute atomic E-state index is 6.00. The van der Waals surface area contributed by atoms with Gasteiger partial charge in [-0.2, -0.15) is 0 Å². The number of hydrogen-bond acceptors (Lipinski definition) is 3. The molecule has 3 heteroatoms. The summed E-state index contributed by atoms with van der Waals surface area (Å²) >= 11 is 0. The van der Waals surface area contributed by atoms with Crippen LogP contribution in [0.3, 0.4) is 0 Å². The summed E-state index contributed by atoms with van der Waals surface area (Å²) in [6, 6.07) is 18.6. The van der Waals surface area contributed by atoms with Gasteiger partial charge >= 0.3 is 0 Å². The quantitative estimate of drug-likeness (QED) is 0.502. The van der Waals surface area contributed by atoms with Crippen molar-refractivity contribution in [1.82, 2.24) is 10.2 Å². The summed E-state index contributed by atoms with van der Waals surface area (Å²) in [4.78, 5) is 0. The zero-order valence-electron chi connectivity index (χ0n) is 16.2. The summed E-state index contributed by atoms with van der Waals surface area (Å²) in [6.45, 7) is 6.89. The molecule has 0 bridgehead atoms. The Kier molecular flexibility index (Phi) is 4.69. The van der Waals surface area contributed by atoms with E-state index in [9.17, 15) is 0 Å². The highest BCUT2D eigenvalue weighted by molar-refractivity contribution is 5.67. The van der Waals surface area contributed by atoms with Gasteiger partial charge in [-0.1, -0.05) is 75.4 Å². The number of benzene rings is 2. The average molecular weight is 358 g/mol. The Labute approximate surface area is 161 Å². The maximum atomic E-state index is 6.00. The van der Waals surface area contributed by atoms with Gasteiger partial charge in [-0.05, 0) is 47.4 Å². The second-order valence-electron chi connectivity index (χ2n) is 8.43. The minimum Gasteiger partial charge on any atom is -0.420 e. The van der Waals surface area contributed by atoms with Crippen molar-refractivity contribution >= 4 is 0 Å². The Morgan fingerprint density at radius 3 is 2.07 bits per heavy atom. The number of allylic oxidation sites excluding steroid dienone is 2. The average Bonchev–Trinajstić information content (AvgIpc) is 3.18. The van der Waals surface area contributed by atoms with E-state index in [1.54, 1.807) is 0 Å². The minimum absolute atomic E-state index is 0.230. The van der Waals surface area contributed by atoms with Crippen molar-refractivity contribution in [2.45, 2.75) is 39.5 Å². The maximum Gasteiger partial charge on any atom is 0.247 e. The lowest BCUT2D eigenvalue weighted by molar-refractivity contribution is 0.258. The fourth-order valence-corrected chi connectivity index (χ4v) is 3.68. The first-order chi connectivity index (χ1) is 13.0. The number of aromatic nitrogens is 2. The van der Waals surface area contributed by atoms with Gasteiger partial charge in [0.2, 0.25) is 11.8 Å². The van der Waals surface area contributed by atoms with Crippen LogP contribution >= 0.6 is 0 Å².